The summed E-state index contributed by atoms with van der Waals surface area (Å²) in [5.41, 5.74) is 2.50. The first kappa shape index (κ1) is 17.0. The minimum atomic E-state index is 0.477. The second-order valence-corrected chi connectivity index (χ2v) is 6.87. The van der Waals surface area contributed by atoms with E-state index in [1.165, 1.54) is 32.1 Å². The normalized spacial score (nSPS) is 16.3. The molecule has 2 aromatic heterocycles. The first-order chi connectivity index (χ1) is 12.8. The Bertz CT molecular complexity index is 833. The quantitative estimate of drug-likeness (QED) is 0.690. The predicted octanol–water partition coefficient (Wildman–Crippen LogP) is 4.47. The lowest BCUT2D eigenvalue weighted by Crippen LogP contribution is -2.27. The van der Waals surface area contributed by atoms with Crippen molar-refractivity contribution in [2.24, 2.45) is 0 Å². The zero-order valence-corrected chi connectivity index (χ0v) is 15.1. The molecule has 0 bridgehead atoms. The highest BCUT2D eigenvalue weighted by Gasteiger charge is 2.22. The zero-order valence-electron chi connectivity index (χ0n) is 15.1. The Morgan fingerprint density at radius 3 is 2.46 bits per heavy atom. The van der Waals surface area contributed by atoms with Gasteiger partial charge in [-0.05, 0) is 32.9 Å². The van der Waals surface area contributed by atoms with Crippen LogP contribution in [0, 0.1) is 6.92 Å². The van der Waals surface area contributed by atoms with Gasteiger partial charge in [-0.25, -0.2) is 0 Å². The molecule has 1 saturated heterocycles. The number of hydrogen-bond donors (Lipinski definition) is 0. The maximum absolute atomic E-state index is 5.98. The lowest BCUT2D eigenvalue weighted by molar-refractivity contribution is 0.219. The largest absolute Gasteiger partial charge is 0.419 e. The monoisotopic (exact) mass is 352 g/mol. The van der Waals surface area contributed by atoms with Gasteiger partial charge in [-0.15, -0.1) is 10.2 Å². The molecule has 0 spiro atoms. The summed E-state index contributed by atoms with van der Waals surface area (Å²) in [5.74, 6) is 1.81. The molecule has 1 aliphatic heterocycles. The van der Waals surface area contributed by atoms with E-state index in [2.05, 4.69) is 20.3 Å². The van der Waals surface area contributed by atoms with Crippen molar-refractivity contribution in [2.45, 2.75) is 45.6 Å². The number of nitrogens with zero attached hydrogens (tertiary/aromatic N) is 4. The van der Waals surface area contributed by atoms with Crippen molar-refractivity contribution in [2.75, 3.05) is 13.1 Å². The molecular weight excluding hydrogens is 328 g/mol. The number of aryl methyl sites for hydroxylation is 1. The van der Waals surface area contributed by atoms with Crippen LogP contribution in [0.15, 0.2) is 39.3 Å². The van der Waals surface area contributed by atoms with Gasteiger partial charge in [0.25, 0.3) is 5.89 Å². The number of benzene rings is 1. The van der Waals surface area contributed by atoms with Crippen LogP contribution in [-0.2, 0) is 6.54 Å². The molecule has 0 saturated carbocycles. The number of rotatable bonds is 4. The Hall–Kier alpha value is -2.47. The highest BCUT2D eigenvalue weighted by atomic mass is 16.5. The Morgan fingerprint density at radius 2 is 1.69 bits per heavy atom. The molecular formula is C20H24N4O2. The van der Waals surface area contributed by atoms with Gasteiger partial charge in [0.2, 0.25) is 5.89 Å². The van der Waals surface area contributed by atoms with E-state index in [1.54, 1.807) is 0 Å². The molecule has 136 valence electrons. The molecule has 0 aliphatic carbocycles. The molecule has 1 aromatic carbocycles. The van der Waals surface area contributed by atoms with Gasteiger partial charge in [0.15, 0.2) is 0 Å². The van der Waals surface area contributed by atoms with Crippen LogP contribution in [0.3, 0.4) is 0 Å². The molecule has 3 aromatic rings. The topological polar surface area (TPSA) is 68.2 Å². The molecule has 3 heterocycles. The zero-order chi connectivity index (χ0) is 17.8. The molecule has 0 amide bonds. The van der Waals surface area contributed by atoms with Gasteiger partial charge in [-0.3, -0.25) is 4.90 Å². The van der Waals surface area contributed by atoms with Crippen LogP contribution in [0.4, 0.5) is 0 Å². The molecule has 6 nitrogen and oxygen atoms in total. The van der Waals surface area contributed by atoms with Crippen LogP contribution >= 0.6 is 0 Å². The van der Waals surface area contributed by atoms with Crippen molar-refractivity contribution in [3.8, 4) is 22.7 Å². The summed E-state index contributed by atoms with van der Waals surface area (Å²) in [6, 6.07) is 9.93. The van der Waals surface area contributed by atoms with Crippen LogP contribution in [0.5, 0.6) is 0 Å². The summed E-state index contributed by atoms with van der Waals surface area (Å²) in [6.07, 6.45) is 6.46. The van der Waals surface area contributed by atoms with Gasteiger partial charge < -0.3 is 8.94 Å². The van der Waals surface area contributed by atoms with Gasteiger partial charge in [-0.1, -0.05) is 54.8 Å². The van der Waals surface area contributed by atoms with E-state index in [0.717, 1.165) is 29.9 Å². The SMILES string of the molecule is Cc1onc(-c2ccccc2)c1-c1nnc(CN2CCCCCCC2)o1. The molecule has 1 aliphatic rings. The Kier molecular flexibility index (Phi) is 5.11. The second kappa shape index (κ2) is 7.83. The molecule has 0 radical (unpaired) electrons. The first-order valence-electron chi connectivity index (χ1n) is 9.38. The van der Waals surface area contributed by atoms with Crippen molar-refractivity contribution in [3.63, 3.8) is 0 Å². The van der Waals surface area contributed by atoms with E-state index in [9.17, 15) is 0 Å². The van der Waals surface area contributed by atoms with Crippen molar-refractivity contribution >= 4 is 0 Å². The fourth-order valence-corrected chi connectivity index (χ4v) is 3.50. The summed E-state index contributed by atoms with van der Waals surface area (Å²) < 4.78 is 11.4. The van der Waals surface area contributed by atoms with E-state index in [1.807, 2.05) is 37.3 Å². The predicted molar refractivity (Wildman–Crippen MR) is 98.3 cm³/mol. The van der Waals surface area contributed by atoms with Gasteiger partial charge in [0.1, 0.15) is 17.0 Å². The van der Waals surface area contributed by atoms with Crippen molar-refractivity contribution in [1.29, 1.82) is 0 Å². The van der Waals surface area contributed by atoms with Crippen molar-refractivity contribution in [1.82, 2.24) is 20.3 Å². The van der Waals surface area contributed by atoms with Gasteiger partial charge >= 0.3 is 0 Å². The summed E-state index contributed by atoms with van der Waals surface area (Å²) in [5, 5.41) is 12.7. The van der Waals surface area contributed by atoms with E-state index < -0.39 is 0 Å². The molecule has 1 fully saturated rings. The second-order valence-electron chi connectivity index (χ2n) is 6.87. The van der Waals surface area contributed by atoms with Crippen LogP contribution in [0.2, 0.25) is 0 Å². The summed E-state index contributed by atoms with van der Waals surface area (Å²) in [7, 11) is 0. The van der Waals surface area contributed by atoms with E-state index >= 15 is 0 Å². The molecule has 0 N–H and O–H groups in total. The highest BCUT2D eigenvalue weighted by molar-refractivity contribution is 5.77. The summed E-state index contributed by atoms with van der Waals surface area (Å²) >= 11 is 0. The standard InChI is InChI=1S/C20H24N4O2/c1-15-18(19(23-26-15)16-10-6-5-7-11-16)20-22-21-17(25-20)14-24-12-8-3-2-4-9-13-24/h5-7,10-11H,2-4,8-9,12-14H2,1H3. The third-order valence-corrected chi connectivity index (χ3v) is 4.90. The Balaban J connectivity index is 1.56. The molecule has 6 heteroatoms. The van der Waals surface area contributed by atoms with Crippen LogP contribution in [-0.4, -0.2) is 33.3 Å². The van der Waals surface area contributed by atoms with E-state index in [-0.39, 0.29) is 0 Å². The average molecular weight is 352 g/mol. The first-order valence-corrected chi connectivity index (χ1v) is 9.38. The highest BCUT2D eigenvalue weighted by Crippen LogP contribution is 2.33. The van der Waals surface area contributed by atoms with Gasteiger partial charge in [-0.2, -0.15) is 0 Å². The smallest absolute Gasteiger partial charge is 0.253 e. The molecule has 0 unspecified atom stereocenters. The minimum absolute atomic E-state index is 0.477. The molecule has 26 heavy (non-hydrogen) atoms. The third-order valence-electron chi connectivity index (χ3n) is 4.90. The Morgan fingerprint density at radius 1 is 0.962 bits per heavy atom. The van der Waals surface area contributed by atoms with Crippen molar-refractivity contribution in [3.05, 3.63) is 42.0 Å². The summed E-state index contributed by atoms with van der Waals surface area (Å²) in [4.78, 5) is 2.41. The number of aromatic nitrogens is 3. The van der Waals surface area contributed by atoms with Crippen LogP contribution < -0.4 is 0 Å². The minimum Gasteiger partial charge on any atom is -0.419 e. The average Bonchev–Trinajstić information content (AvgIpc) is 3.24. The van der Waals surface area contributed by atoms with Gasteiger partial charge in [0.05, 0.1) is 6.54 Å². The maximum Gasteiger partial charge on any atom is 0.253 e. The fourth-order valence-electron chi connectivity index (χ4n) is 3.50. The van der Waals surface area contributed by atoms with Gasteiger partial charge in [0, 0.05) is 5.56 Å². The Labute approximate surface area is 153 Å². The summed E-state index contributed by atoms with van der Waals surface area (Å²) in [6.45, 7) is 4.77. The lowest BCUT2D eigenvalue weighted by Gasteiger charge is -2.22. The number of hydrogen-bond acceptors (Lipinski definition) is 6. The lowest BCUT2D eigenvalue weighted by atomic mass is 10.1. The third kappa shape index (κ3) is 3.70. The molecule has 0 atom stereocenters. The van der Waals surface area contributed by atoms with E-state index in [4.69, 9.17) is 8.94 Å². The van der Waals surface area contributed by atoms with Crippen molar-refractivity contribution < 1.29 is 8.94 Å². The number of likely N-dealkylation sites (tertiary alicyclic amines) is 1. The molecule has 4 rings (SSSR count). The fraction of sp³-hybridized carbons (Fsp3) is 0.450. The van der Waals surface area contributed by atoms with Crippen LogP contribution in [0.1, 0.15) is 43.8 Å². The maximum atomic E-state index is 5.98. The van der Waals surface area contributed by atoms with E-state index in [0.29, 0.717) is 24.1 Å². The van der Waals surface area contributed by atoms with Crippen LogP contribution in [0.25, 0.3) is 22.7 Å².